The molecule has 0 aliphatic carbocycles. The zero-order valence-electron chi connectivity index (χ0n) is 9.60. The smallest absolute Gasteiger partial charge is 0.339 e. The highest BCUT2D eigenvalue weighted by Gasteiger charge is 2.31. The number of rotatable bonds is 2. The molecule has 0 aliphatic rings. The molecule has 0 bridgehead atoms. The summed E-state index contributed by atoms with van der Waals surface area (Å²) in [5.74, 6) is -0.0204. The lowest BCUT2D eigenvalue weighted by molar-refractivity contribution is -0.137. The average molecular weight is 433 g/mol. The van der Waals surface area contributed by atoms with E-state index in [0.29, 0.717) is 10.7 Å². The van der Waals surface area contributed by atoms with Crippen molar-refractivity contribution < 1.29 is 13.2 Å². The summed E-state index contributed by atoms with van der Waals surface area (Å²) < 4.78 is 38.9. The first-order valence-electron chi connectivity index (χ1n) is 5.22. The molecule has 1 N–H and O–H groups in total. The molecule has 2 rings (SSSR count). The molecular weight excluding hydrogens is 427 g/mol. The van der Waals surface area contributed by atoms with Crippen LogP contribution < -0.4 is 5.32 Å². The Labute approximate surface area is 136 Å². The van der Waals surface area contributed by atoms with Crippen LogP contribution in [0.3, 0.4) is 0 Å². The van der Waals surface area contributed by atoms with Crippen LogP contribution in [0.1, 0.15) is 5.56 Å². The standard InChI is InChI=1S/C12H6Cl2F3IN2/c13-8-5-7(18)1-2-9(8)19-11-4-6(12(15,16)17)3-10(14)20-11/h1-5H,(H,19,20). The van der Waals surface area contributed by atoms with E-state index in [1.54, 1.807) is 18.2 Å². The van der Waals surface area contributed by atoms with Gasteiger partial charge in [0.05, 0.1) is 16.3 Å². The largest absolute Gasteiger partial charge is 0.416 e. The van der Waals surface area contributed by atoms with Gasteiger partial charge in [0, 0.05) is 3.57 Å². The van der Waals surface area contributed by atoms with Gasteiger partial charge in [0.2, 0.25) is 0 Å². The van der Waals surface area contributed by atoms with E-state index in [9.17, 15) is 13.2 Å². The average Bonchev–Trinajstić information content (AvgIpc) is 2.31. The topological polar surface area (TPSA) is 24.9 Å². The molecule has 1 aromatic carbocycles. The van der Waals surface area contributed by atoms with Gasteiger partial charge in [-0.3, -0.25) is 0 Å². The Kier molecular flexibility index (Phi) is 4.66. The molecule has 0 saturated carbocycles. The van der Waals surface area contributed by atoms with E-state index in [2.05, 4.69) is 32.9 Å². The van der Waals surface area contributed by atoms with Gasteiger partial charge in [-0.25, -0.2) is 4.98 Å². The SMILES string of the molecule is FC(F)(F)c1cc(Cl)nc(Nc2ccc(I)cc2Cl)c1. The maximum atomic E-state index is 12.7. The number of nitrogens with one attached hydrogen (secondary N) is 1. The fourth-order valence-electron chi connectivity index (χ4n) is 1.45. The molecule has 0 amide bonds. The van der Waals surface area contributed by atoms with E-state index >= 15 is 0 Å². The molecule has 106 valence electrons. The summed E-state index contributed by atoms with van der Waals surface area (Å²) in [5, 5.41) is 2.86. The van der Waals surface area contributed by atoms with Gasteiger partial charge < -0.3 is 5.32 Å². The molecule has 1 aromatic heterocycles. The van der Waals surface area contributed by atoms with E-state index < -0.39 is 11.7 Å². The van der Waals surface area contributed by atoms with Crippen LogP contribution in [0.25, 0.3) is 0 Å². The van der Waals surface area contributed by atoms with Crippen molar-refractivity contribution in [1.82, 2.24) is 4.98 Å². The summed E-state index contributed by atoms with van der Waals surface area (Å²) in [6.07, 6.45) is -4.49. The van der Waals surface area contributed by atoms with Gasteiger partial charge in [-0.2, -0.15) is 13.2 Å². The minimum absolute atomic E-state index is 0.0204. The number of aromatic nitrogens is 1. The number of nitrogens with zero attached hydrogens (tertiary/aromatic N) is 1. The molecule has 0 saturated heterocycles. The highest BCUT2D eigenvalue weighted by molar-refractivity contribution is 14.1. The predicted octanol–water partition coefficient (Wildman–Crippen LogP) is 5.76. The van der Waals surface area contributed by atoms with Crippen LogP contribution in [0.5, 0.6) is 0 Å². The predicted molar refractivity (Wildman–Crippen MR) is 81.7 cm³/mol. The minimum atomic E-state index is -4.49. The third kappa shape index (κ3) is 3.89. The van der Waals surface area contributed by atoms with Crippen molar-refractivity contribution in [2.45, 2.75) is 6.18 Å². The number of hydrogen-bond acceptors (Lipinski definition) is 2. The van der Waals surface area contributed by atoms with Crippen molar-refractivity contribution in [3.63, 3.8) is 0 Å². The summed E-state index contributed by atoms with van der Waals surface area (Å²) >= 11 is 13.7. The summed E-state index contributed by atoms with van der Waals surface area (Å²) in [6.45, 7) is 0. The van der Waals surface area contributed by atoms with Crippen LogP contribution in [0.2, 0.25) is 10.2 Å². The first kappa shape index (κ1) is 15.7. The second-order valence-corrected chi connectivity index (χ2v) is 5.85. The van der Waals surface area contributed by atoms with Gasteiger partial charge in [0.15, 0.2) is 0 Å². The molecule has 0 fully saturated rings. The fraction of sp³-hybridized carbons (Fsp3) is 0.0833. The van der Waals surface area contributed by atoms with Crippen molar-refractivity contribution in [2.75, 3.05) is 5.32 Å². The summed E-state index contributed by atoms with van der Waals surface area (Å²) in [7, 11) is 0. The van der Waals surface area contributed by atoms with Crippen molar-refractivity contribution >= 4 is 57.3 Å². The first-order chi connectivity index (χ1) is 9.25. The van der Waals surface area contributed by atoms with Gasteiger partial charge in [-0.15, -0.1) is 0 Å². The molecular formula is C12H6Cl2F3IN2. The Balaban J connectivity index is 2.36. The van der Waals surface area contributed by atoms with E-state index in [1.807, 2.05) is 0 Å². The maximum Gasteiger partial charge on any atom is 0.416 e. The van der Waals surface area contributed by atoms with Crippen LogP contribution in [-0.2, 0) is 6.18 Å². The van der Waals surface area contributed by atoms with Crippen LogP contribution in [0, 0.1) is 3.57 Å². The third-order valence-corrected chi connectivity index (χ3v) is 3.49. The second-order valence-electron chi connectivity index (χ2n) is 3.81. The normalized spacial score (nSPS) is 11.5. The number of halogens is 6. The van der Waals surface area contributed by atoms with Gasteiger partial charge in [0.1, 0.15) is 11.0 Å². The Morgan fingerprint density at radius 1 is 1.10 bits per heavy atom. The van der Waals surface area contributed by atoms with Crippen molar-refractivity contribution in [3.8, 4) is 0 Å². The zero-order valence-corrected chi connectivity index (χ0v) is 13.3. The Morgan fingerprint density at radius 3 is 2.40 bits per heavy atom. The van der Waals surface area contributed by atoms with E-state index in [0.717, 1.165) is 15.7 Å². The summed E-state index contributed by atoms with van der Waals surface area (Å²) in [6, 6.07) is 6.74. The minimum Gasteiger partial charge on any atom is -0.339 e. The molecule has 0 atom stereocenters. The third-order valence-electron chi connectivity index (χ3n) is 2.32. The molecule has 0 spiro atoms. The summed E-state index contributed by atoms with van der Waals surface area (Å²) in [4.78, 5) is 3.80. The van der Waals surface area contributed by atoms with E-state index in [1.165, 1.54) is 0 Å². The van der Waals surface area contributed by atoms with E-state index in [4.69, 9.17) is 23.2 Å². The molecule has 1 heterocycles. The molecule has 0 aliphatic heterocycles. The van der Waals surface area contributed by atoms with Gasteiger partial charge in [-0.1, -0.05) is 23.2 Å². The highest BCUT2D eigenvalue weighted by atomic mass is 127. The Hall–Kier alpha value is -0.730. The second kappa shape index (κ2) is 5.95. The molecule has 20 heavy (non-hydrogen) atoms. The molecule has 0 unspecified atom stereocenters. The number of pyridine rings is 1. The first-order valence-corrected chi connectivity index (χ1v) is 7.06. The number of hydrogen-bond donors (Lipinski definition) is 1. The van der Waals surface area contributed by atoms with Crippen LogP contribution >= 0.6 is 45.8 Å². The lowest BCUT2D eigenvalue weighted by Crippen LogP contribution is -2.06. The monoisotopic (exact) mass is 432 g/mol. The maximum absolute atomic E-state index is 12.7. The Bertz CT molecular complexity index is 647. The van der Waals surface area contributed by atoms with E-state index in [-0.39, 0.29) is 11.0 Å². The van der Waals surface area contributed by atoms with Gasteiger partial charge in [-0.05, 0) is 52.9 Å². The molecule has 0 radical (unpaired) electrons. The quantitative estimate of drug-likeness (QED) is 0.482. The molecule has 2 aromatic rings. The highest BCUT2D eigenvalue weighted by Crippen LogP contribution is 2.33. The summed E-state index contributed by atoms with van der Waals surface area (Å²) in [5.41, 5.74) is -0.420. The van der Waals surface area contributed by atoms with Crippen molar-refractivity contribution in [1.29, 1.82) is 0 Å². The zero-order chi connectivity index (χ0) is 14.9. The number of anilines is 2. The lowest BCUT2D eigenvalue weighted by atomic mass is 10.2. The van der Waals surface area contributed by atoms with Gasteiger partial charge in [0.25, 0.3) is 0 Å². The molecule has 2 nitrogen and oxygen atoms in total. The van der Waals surface area contributed by atoms with Crippen molar-refractivity contribution in [3.05, 3.63) is 49.6 Å². The number of benzene rings is 1. The van der Waals surface area contributed by atoms with Gasteiger partial charge >= 0.3 is 6.18 Å². The lowest BCUT2D eigenvalue weighted by Gasteiger charge is -2.11. The van der Waals surface area contributed by atoms with Crippen LogP contribution in [0.4, 0.5) is 24.7 Å². The molecule has 8 heteroatoms. The van der Waals surface area contributed by atoms with Crippen LogP contribution in [0.15, 0.2) is 30.3 Å². The Morgan fingerprint density at radius 2 is 1.80 bits per heavy atom. The number of alkyl halides is 3. The fourth-order valence-corrected chi connectivity index (χ4v) is 2.57. The van der Waals surface area contributed by atoms with Crippen LogP contribution in [-0.4, -0.2) is 4.98 Å². The van der Waals surface area contributed by atoms with Crippen molar-refractivity contribution in [2.24, 2.45) is 0 Å².